The van der Waals surface area contributed by atoms with Gasteiger partial charge in [0, 0.05) is 11.1 Å². The van der Waals surface area contributed by atoms with Crippen molar-refractivity contribution in [3.63, 3.8) is 0 Å². The third-order valence-electron chi connectivity index (χ3n) is 3.60. The van der Waals surface area contributed by atoms with Gasteiger partial charge in [0.15, 0.2) is 4.77 Å². The average molecular weight is 327 g/mol. The Morgan fingerprint density at radius 3 is 3.06 bits per heavy atom. The van der Waals surface area contributed by atoms with Gasteiger partial charge in [0.2, 0.25) is 0 Å². The van der Waals surface area contributed by atoms with E-state index in [0.29, 0.717) is 0 Å². The highest BCUT2D eigenvalue weighted by Gasteiger charge is 2.31. The maximum Gasteiger partial charge on any atom is 0.178 e. The summed E-state index contributed by atoms with van der Waals surface area (Å²) in [4.78, 5) is 3.28. The average Bonchev–Trinajstić information content (AvgIpc) is 2.66. The quantitative estimate of drug-likeness (QED) is 0.803. The van der Waals surface area contributed by atoms with Gasteiger partial charge in [0.1, 0.15) is 0 Å². The van der Waals surface area contributed by atoms with Gasteiger partial charge in [-0.2, -0.15) is 0 Å². The van der Waals surface area contributed by atoms with Crippen molar-refractivity contribution in [1.82, 2.24) is 9.55 Å². The van der Waals surface area contributed by atoms with Crippen molar-refractivity contribution in [2.45, 2.75) is 25.3 Å². The zero-order valence-electron chi connectivity index (χ0n) is 10.2. The predicted octanol–water partition coefficient (Wildman–Crippen LogP) is 3.99. The third-order valence-corrected chi connectivity index (χ3v) is 4.38. The molecule has 1 saturated heterocycles. The molecule has 1 aromatic heterocycles. The maximum absolute atomic E-state index is 5.65. The van der Waals surface area contributed by atoms with Crippen molar-refractivity contribution in [1.29, 1.82) is 0 Å². The molecular formula is C13H15BrN2OS. The van der Waals surface area contributed by atoms with E-state index in [1.165, 1.54) is 0 Å². The van der Waals surface area contributed by atoms with Gasteiger partial charge in [-0.25, -0.2) is 0 Å². The monoisotopic (exact) mass is 326 g/mol. The Hall–Kier alpha value is -0.650. The van der Waals surface area contributed by atoms with Crippen LogP contribution in [0.15, 0.2) is 22.7 Å². The first-order chi connectivity index (χ1) is 8.60. The second-order valence-corrected chi connectivity index (χ2v) is 6.38. The summed E-state index contributed by atoms with van der Waals surface area (Å²) >= 11 is 9.01. The molecule has 2 heterocycles. The third kappa shape index (κ3) is 1.94. The molecule has 3 nitrogen and oxygen atoms in total. The molecule has 1 unspecified atom stereocenters. The second kappa shape index (κ2) is 4.47. The molecule has 1 aliphatic rings. The number of imidazole rings is 1. The number of hydrogen-bond acceptors (Lipinski definition) is 2. The van der Waals surface area contributed by atoms with E-state index in [1.54, 1.807) is 0 Å². The number of halogens is 1. The molecule has 1 aliphatic heterocycles. The van der Waals surface area contributed by atoms with Crippen molar-refractivity contribution >= 4 is 39.2 Å². The summed E-state index contributed by atoms with van der Waals surface area (Å²) in [5.74, 6) is 0. The van der Waals surface area contributed by atoms with Crippen molar-refractivity contribution in [2.75, 3.05) is 13.2 Å². The van der Waals surface area contributed by atoms with Gasteiger partial charge in [-0.05, 0) is 50.2 Å². The van der Waals surface area contributed by atoms with Gasteiger partial charge in [-0.1, -0.05) is 15.9 Å². The predicted molar refractivity (Wildman–Crippen MR) is 78.5 cm³/mol. The van der Waals surface area contributed by atoms with Crippen LogP contribution in [-0.2, 0) is 10.3 Å². The van der Waals surface area contributed by atoms with Crippen LogP contribution in [0.5, 0.6) is 0 Å². The second-order valence-electron chi connectivity index (χ2n) is 5.08. The molecule has 0 spiro atoms. The van der Waals surface area contributed by atoms with E-state index < -0.39 is 0 Å². The smallest absolute Gasteiger partial charge is 0.178 e. The van der Waals surface area contributed by atoms with Gasteiger partial charge in [-0.3, -0.25) is 0 Å². The minimum absolute atomic E-state index is 0.0472. The number of aromatic amines is 1. The number of rotatable bonds is 1. The van der Waals surface area contributed by atoms with Crippen molar-refractivity contribution in [3.05, 3.63) is 27.4 Å². The molecule has 18 heavy (non-hydrogen) atoms. The van der Waals surface area contributed by atoms with Gasteiger partial charge < -0.3 is 14.3 Å². The highest BCUT2D eigenvalue weighted by atomic mass is 79.9. The highest BCUT2D eigenvalue weighted by molar-refractivity contribution is 9.10. The summed E-state index contributed by atoms with van der Waals surface area (Å²) in [6.07, 6.45) is 2.18. The fraction of sp³-hybridized carbons (Fsp3) is 0.462. The van der Waals surface area contributed by atoms with Crippen LogP contribution >= 0.6 is 28.1 Å². The largest absolute Gasteiger partial charge is 0.379 e. The molecule has 2 aromatic rings. The van der Waals surface area contributed by atoms with Gasteiger partial charge >= 0.3 is 0 Å². The number of ether oxygens (including phenoxy) is 1. The molecular weight excluding hydrogens is 312 g/mol. The molecule has 1 fully saturated rings. The van der Waals surface area contributed by atoms with Gasteiger partial charge in [0.05, 0.1) is 23.2 Å². The van der Waals surface area contributed by atoms with Crippen molar-refractivity contribution in [3.8, 4) is 0 Å². The number of aromatic nitrogens is 2. The topological polar surface area (TPSA) is 29.9 Å². The first-order valence-electron chi connectivity index (χ1n) is 6.09. The Labute approximate surface area is 119 Å². The van der Waals surface area contributed by atoms with E-state index >= 15 is 0 Å². The first-order valence-corrected chi connectivity index (χ1v) is 7.29. The Kier molecular flexibility index (Phi) is 3.08. The summed E-state index contributed by atoms with van der Waals surface area (Å²) < 4.78 is 9.70. The molecule has 0 saturated carbocycles. The van der Waals surface area contributed by atoms with E-state index in [0.717, 1.165) is 46.3 Å². The van der Waals surface area contributed by atoms with Crippen LogP contribution in [0.1, 0.15) is 19.8 Å². The molecule has 0 aliphatic carbocycles. The summed E-state index contributed by atoms with van der Waals surface area (Å²) in [5, 5.41) is 0. The zero-order chi connectivity index (χ0) is 12.8. The fourth-order valence-corrected chi connectivity index (χ4v) is 3.49. The SMILES string of the molecule is CC1(n2c(=S)[nH]c3ccc(Br)cc32)CCCOC1. The van der Waals surface area contributed by atoms with Crippen LogP contribution in [-0.4, -0.2) is 22.8 Å². The van der Waals surface area contributed by atoms with Crippen LogP contribution in [0.4, 0.5) is 0 Å². The summed E-state index contributed by atoms with van der Waals surface area (Å²) in [5.41, 5.74) is 2.17. The molecule has 3 rings (SSSR count). The zero-order valence-corrected chi connectivity index (χ0v) is 12.6. The minimum atomic E-state index is -0.0472. The number of H-pyrrole nitrogens is 1. The number of benzene rings is 1. The summed E-state index contributed by atoms with van der Waals surface area (Å²) in [7, 11) is 0. The van der Waals surface area contributed by atoms with Gasteiger partial charge in [-0.15, -0.1) is 0 Å². The Morgan fingerprint density at radius 2 is 2.33 bits per heavy atom. The molecule has 5 heteroatoms. The number of fused-ring (bicyclic) bond motifs is 1. The van der Waals surface area contributed by atoms with Crippen LogP contribution in [0, 0.1) is 4.77 Å². The first kappa shape index (κ1) is 12.4. The van der Waals surface area contributed by atoms with E-state index in [4.69, 9.17) is 17.0 Å². The lowest BCUT2D eigenvalue weighted by Gasteiger charge is -2.35. The lowest BCUT2D eigenvalue weighted by Crippen LogP contribution is -2.39. The number of nitrogens with one attached hydrogen (secondary N) is 1. The number of nitrogens with zero attached hydrogens (tertiary/aromatic N) is 1. The standard InChI is InChI=1S/C13H15BrN2OS/c1-13(5-2-6-17-8-13)16-11-7-9(14)3-4-10(11)15-12(16)18/h3-4,7H,2,5-6,8H2,1H3,(H,15,18). The Bertz CT molecular complexity index is 640. The molecule has 0 radical (unpaired) electrons. The van der Waals surface area contributed by atoms with Crippen LogP contribution < -0.4 is 0 Å². The van der Waals surface area contributed by atoms with Crippen molar-refractivity contribution in [2.24, 2.45) is 0 Å². The molecule has 96 valence electrons. The molecule has 1 N–H and O–H groups in total. The van der Waals surface area contributed by atoms with E-state index in [9.17, 15) is 0 Å². The van der Waals surface area contributed by atoms with E-state index in [-0.39, 0.29) is 5.54 Å². The molecule has 1 atom stereocenters. The molecule has 0 amide bonds. The lowest BCUT2D eigenvalue weighted by atomic mass is 9.94. The normalized spacial score (nSPS) is 24.6. The fourth-order valence-electron chi connectivity index (χ4n) is 2.71. The van der Waals surface area contributed by atoms with Crippen LogP contribution in [0.3, 0.4) is 0 Å². The maximum atomic E-state index is 5.65. The summed E-state index contributed by atoms with van der Waals surface area (Å²) in [6, 6.07) is 6.19. The van der Waals surface area contributed by atoms with E-state index in [2.05, 4.69) is 44.5 Å². The molecule has 1 aromatic carbocycles. The van der Waals surface area contributed by atoms with E-state index in [1.807, 2.05) is 6.07 Å². The van der Waals surface area contributed by atoms with Crippen LogP contribution in [0.2, 0.25) is 0 Å². The minimum Gasteiger partial charge on any atom is -0.379 e. The summed E-state index contributed by atoms with van der Waals surface area (Å²) in [6.45, 7) is 3.80. The van der Waals surface area contributed by atoms with Gasteiger partial charge in [0.25, 0.3) is 0 Å². The highest BCUT2D eigenvalue weighted by Crippen LogP contribution is 2.32. The van der Waals surface area contributed by atoms with Crippen LogP contribution in [0.25, 0.3) is 11.0 Å². The Balaban J connectivity index is 2.24. The number of hydrogen-bond donors (Lipinski definition) is 1. The van der Waals surface area contributed by atoms with Crippen molar-refractivity contribution < 1.29 is 4.74 Å². The molecule has 0 bridgehead atoms. The lowest BCUT2D eigenvalue weighted by molar-refractivity contribution is 0.0108. The Morgan fingerprint density at radius 1 is 1.50 bits per heavy atom.